The number of aromatic nitrogens is 1. The van der Waals surface area contributed by atoms with Crippen molar-refractivity contribution < 1.29 is 4.79 Å². The zero-order valence-electron chi connectivity index (χ0n) is 9.99. The van der Waals surface area contributed by atoms with Gasteiger partial charge in [-0.05, 0) is 18.8 Å². The predicted octanol–water partition coefficient (Wildman–Crippen LogP) is 3.63. The van der Waals surface area contributed by atoms with E-state index in [-0.39, 0.29) is 0 Å². The van der Waals surface area contributed by atoms with Gasteiger partial charge in [-0.25, -0.2) is 4.98 Å². The highest BCUT2D eigenvalue weighted by atomic mass is 35.5. The number of nitrogens with zero attached hydrogens (tertiary/aromatic N) is 2. The Morgan fingerprint density at radius 2 is 2.24 bits per heavy atom. The lowest BCUT2D eigenvalue weighted by Crippen LogP contribution is -2.33. The summed E-state index contributed by atoms with van der Waals surface area (Å²) < 4.78 is 0. The quantitative estimate of drug-likeness (QED) is 0.785. The second kappa shape index (κ2) is 5.83. The van der Waals surface area contributed by atoms with Crippen molar-refractivity contribution in [2.75, 3.05) is 18.0 Å². The molecule has 0 atom stereocenters. The van der Waals surface area contributed by atoms with Gasteiger partial charge in [0.15, 0.2) is 16.6 Å². The van der Waals surface area contributed by atoms with Crippen LogP contribution in [-0.2, 0) is 0 Å². The van der Waals surface area contributed by atoms with Crippen molar-refractivity contribution in [1.29, 1.82) is 0 Å². The Morgan fingerprint density at radius 1 is 1.53 bits per heavy atom. The molecule has 0 bridgehead atoms. The molecule has 1 aromatic rings. The summed E-state index contributed by atoms with van der Waals surface area (Å²) in [5, 5.41) is 1.24. The average molecular weight is 273 g/mol. The SMILES string of the molecule is CCCC1CCN(c2nc(Cl)c(C=O)s2)CC1. The number of rotatable bonds is 4. The Bertz CT molecular complexity index is 386. The first-order chi connectivity index (χ1) is 8.24. The van der Waals surface area contributed by atoms with Crippen LogP contribution in [0.15, 0.2) is 0 Å². The van der Waals surface area contributed by atoms with Crippen LogP contribution in [-0.4, -0.2) is 24.4 Å². The molecule has 2 heterocycles. The van der Waals surface area contributed by atoms with Gasteiger partial charge in [0.2, 0.25) is 0 Å². The molecule has 0 aliphatic carbocycles. The van der Waals surface area contributed by atoms with Crippen LogP contribution in [0.25, 0.3) is 0 Å². The van der Waals surface area contributed by atoms with E-state index in [1.807, 2.05) is 0 Å². The molecule has 17 heavy (non-hydrogen) atoms. The molecule has 0 N–H and O–H groups in total. The number of hydrogen-bond donors (Lipinski definition) is 0. The van der Waals surface area contributed by atoms with E-state index in [0.717, 1.165) is 30.4 Å². The van der Waals surface area contributed by atoms with E-state index in [2.05, 4.69) is 16.8 Å². The first-order valence-corrected chi connectivity index (χ1v) is 7.30. The zero-order chi connectivity index (χ0) is 12.3. The standard InChI is InChI=1S/C12H17ClN2OS/c1-2-3-9-4-6-15(7-5-9)12-14-11(13)10(8-16)17-12/h8-9H,2-7H2,1H3. The first-order valence-electron chi connectivity index (χ1n) is 6.11. The molecular formula is C12H17ClN2OS. The second-order valence-electron chi connectivity index (χ2n) is 4.49. The summed E-state index contributed by atoms with van der Waals surface area (Å²) in [5.41, 5.74) is 0. The summed E-state index contributed by atoms with van der Waals surface area (Å²) in [5.74, 6) is 0.859. The molecule has 3 nitrogen and oxygen atoms in total. The van der Waals surface area contributed by atoms with Gasteiger partial charge in [-0.3, -0.25) is 4.79 Å². The minimum atomic E-state index is 0.343. The largest absolute Gasteiger partial charge is 0.348 e. The lowest BCUT2D eigenvalue weighted by molar-refractivity contribution is 0.112. The molecule has 0 unspecified atom stereocenters. The fourth-order valence-electron chi connectivity index (χ4n) is 2.33. The molecule has 0 saturated carbocycles. The normalized spacial score (nSPS) is 17.4. The Hall–Kier alpha value is -0.610. The molecule has 1 saturated heterocycles. The fourth-order valence-corrected chi connectivity index (χ4v) is 3.45. The van der Waals surface area contributed by atoms with Crippen molar-refractivity contribution in [3.63, 3.8) is 0 Å². The Balaban J connectivity index is 1.97. The van der Waals surface area contributed by atoms with Crippen molar-refractivity contribution in [2.24, 2.45) is 5.92 Å². The van der Waals surface area contributed by atoms with Crippen molar-refractivity contribution in [1.82, 2.24) is 4.98 Å². The van der Waals surface area contributed by atoms with Gasteiger partial charge in [0.25, 0.3) is 0 Å². The third kappa shape index (κ3) is 2.99. The number of hydrogen-bond acceptors (Lipinski definition) is 4. The van der Waals surface area contributed by atoms with Crippen LogP contribution >= 0.6 is 22.9 Å². The zero-order valence-corrected chi connectivity index (χ0v) is 11.6. The molecule has 2 rings (SSSR count). The van der Waals surface area contributed by atoms with Gasteiger partial charge in [0.1, 0.15) is 4.88 Å². The average Bonchev–Trinajstić information content (AvgIpc) is 2.72. The maximum absolute atomic E-state index is 10.7. The van der Waals surface area contributed by atoms with E-state index in [0.29, 0.717) is 10.0 Å². The van der Waals surface area contributed by atoms with Crippen molar-refractivity contribution >= 4 is 34.4 Å². The van der Waals surface area contributed by atoms with Gasteiger partial charge < -0.3 is 4.90 Å². The number of carbonyl (C=O) groups is 1. The van der Waals surface area contributed by atoms with Crippen LogP contribution in [0, 0.1) is 5.92 Å². The summed E-state index contributed by atoms with van der Waals surface area (Å²) in [4.78, 5) is 17.8. The molecule has 1 fully saturated rings. The molecule has 0 radical (unpaired) electrons. The number of aldehydes is 1. The van der Waals surface area contributed by atoms with E-state index in [1.54, 1.807) is 0 Å². The molecule has 1 aromatic heterocycles. The lowest BCUT2D eigenvalue weighted by Gasteiger charge is -2.31. The number of anilines is 1. The first kappa shape index (κ1) is 12.8. The summed E-state index contributed by atoms with van der Waals surface area (Å²) >= 11 is 7.28. The Morgan fingerprint density at radius 3 is 2.76 bits per heavy atom. The van der Waals surface area contributed by atoms with Gasteiger partial charge in [0.05, 0.1) is 0 Å². The molecule has 5 heteroatoms. The summed E-state index contributed by atoms with van der Waals surface area (Å²) in [6.07, 6.45) is 5.82. The maximum Gasteiger partial charge on any atom is 0.187 e. The van der Waals surface area contributed by atoms with Crippen LogP contribution in [0.2, 0.25) is 5.15 Å². The highest BCUT2D eigenvalue weighted by Gasteiger charge is 2.21. The predicted molar refractivity (Wildman–Crippen MR) is 72.4 cm³/mol. The second-order valence-corrected chi connectivity index (χ2v) is 5.86. The van der Waals surface area contributed by atoms with Crippen molar-refractivity contribution in [3.8, 4) is 0 Å². The van der Waals surface area contributed by atoms with Gasteiger partial charge in [-0.15, -0.1) is 0 Å². The monoisotopic (exact) mass is 272 g/mol. The molecule has 0 aromatic carbocycles. The van der Waals surface area contributed by atoms with Crippen LogP contribution in [0.1, 0.15) is 42.3 Å². The smallest absolute Gasteiger partial charge is 0.187 e. The number of thiazole rings is 1. The summed E-state index contributed by atoms with van der Waals surface area (Å²) in [6.45, 7) is 4.31. The summed E-state index contributed by atoms with van der Waals surface area (Å²) in [6, 6.07) is 0. The number of carbonyl (C=O) groups excluding carboxylic acids is 1. The molecule has 0 spiro atoms. The van der Waals surface area contributed by atoms with Gasteiger partial charge in [-0.1, -0.05) is 42.7 Å². The highest BCUT2D eigenvalue weighted by Crippen LogP contribution is 2.31. The van der Waals surface area contributed by atoms with E-state index in [1.165, 1.54) is 37.0 Å². The van der Waals surface area contributed by atoms with Crippen LogP contribution < -0.4 is 4.90 Å². The van der Waals surface area contributed by atoms with Crippen molar-refractivity contribution in [3.05, 3.63) is 10.0 Å². The van der Waals surface area contributed by atoms with E-state index in [4.69, 9.17) is 11.6 Å². The minimum absolute atomic E-state index is 0.343. The van der Waals surface area contributed by atoms with Crippen LogP contribution in [0.4, 0.5) is 5.13 Å². The third-order valence-electron chi connectivity index (χ3n) is 3.29. The maximum atomic E-state index is 10.7. The molecule has 1 aliphatic heterocycles. The van der Waals surface area contributed by atoms with Crippen LogP contribution in [0.3, 0.4) is 0 Å². The third-order valence-corrected chi connectivity index (χ3v) is 4.73. The van der Waals surface area contributed by atoms with E-state index >= 15 is 0 Å². The lowest BCUT2D eigenvalue weighted by atomic mass is 9.93. The van der Waals surface area contributed by atoms with E-state index < -0.39 is 0 Å². The fraction of sp³-hybridized carbons (Fsp3) is 0.667. The Labute approximate surface area is 111 Å². The molecule has 94 valence electrons. The van der Waals surface area contributed by atoms with E-state index in [9.17, 15) is 4.79 Å². The molecule has 1 aliphatic rings. The molecular weight excluding hydrogens is 256 g/mol. The molecule has 0 amide bonds. The number of halogens is 1. The highest BCUT2D eigenvalue weighted by molar-refractivity contribution is 7.17. The van der Waals surface area contributed by atoms with Gasteiger partial charge >= 0.3 is 0 Å². The van der Waals surface area contributed by atoms with Crippen LogP contribution in [0.5, 0.6) is 0 Å². The Kier molecular flexibility index (Phi) is 4.40. The van der Waals surface area contributed by atoms with Crippen molar-refractivity contribution in [2.45, 2.75) is 32.6 Å². The topological polar surface area (TPSA) is 33.2 Å². The summed E-state index contributed by atoms with van der Waals surface area (Å²) in [7, 11) is 0. The van der Waals surface area contributed by atoms with Gasteiger partial charge in [0, 0.05) is 13.1 Å². The minimum Gasteiger partial charge on any atom is -0.348 e. The van der Waals surface area contributed by atoms with Gasteiger partial charge in [-0.2, -0.15) is 0 Å². The number of piperidine rings is 1.